The van der Waals surface area contributed by atoms with Gasteiger partial charge in [-0.3, -0.25) is 4.79 Å². The summed E-state index contributed by atoms with van der Waals surface area (Å²) in [5, 5.41) is 3.01. The Labute approximate surface area is 153 Å². The van der Waals surface area contributed by atoms with Gasteiger partial charge in [-0.2, -0.15) is 0 Å². The van der Waals surface area contributed by atoms with Crippen molar-refractivity contribution in [3.8, 4) is 5.88 Å². The molecule has 1 unspecified atom stereocenters. The summed E-state index contributed by atoms with van der Waals surface area (Å²) in [6, 6.07) is 5.39. The van der Waals surface area contributed by atoms with Gasteiger partial charge >= 0.3 is 0 Å². The van der Waals surface area contributed by atoms with E-state index in [0.717, 1.165) is 43.3 Å². The average Bonchev–Trinajstić information content (AvgIpc) is 2.65. The van der Waals surface area contributed by atoms with Crippen LogP contribution in [0.2, 0.25) is 0 Å². The Morgan fingerprint density at radius 3 is 2.73 bits per heavy atom. The Balaban J connectivity index is 1.57. The van der Waals surface area contributed by atoms with E-state index in [4.69, 9.17) is 4.74 Å². The number of pyridine rings is 1. The van der Waals surface area contributed by atoms with Crippen LogP contribution >= 0.6 is 0 Å². The Kier molecular flexibility index (Phi) is 5.65. The zero-order valence-electron chi connectivity index (χ0n) is 15.5. The van der Waals surface area contributed by atoms with Gasteiger partial charge < -0.3 is 15.0 Å². The van der Waals surface area contributed by atoms with E-state index >= 15 is 0 Å². The first-order valence-electron chi connectivity index (χ1n) is 8.90. The molecule has 1 amide bonds. The predicted molar refractivity (Wildman–Crippen MR) is 99.6 cm³/mol. The van der Waals surface area contributed by atoms with E-state index in [0.29, 0.717) is 23.9 Å². The largest absolute Gasteiger partial charge is 0.481 e. The second-order valence-corrected chi connectivity index (χ2v) is 6.70. The standard InChI is InChI=1S/C19H25N5O2/c1-13-9-14(2)23-19(22-13)24-8-4-5-15(12-24)10-21-18(25)16-6-7-17(26-3)20-11-16/h6-7,9,11,15H,4-5,8,10,12H2,1-3H3,(H,21,25). The van der Waals surface area contributed by atoms with Crippen molar-refractivity contribution in [2.24, 2.45) is 5.92 Å². The molecule has 2 aromatic heterocycles. The lowest BCUT2D eigenvalue weighted by Gasteiger charge is -2.33. The van der Waals surface area contributed by atoms with Crippen molar-refractivity contribution < 1.29 is 9.53 Å². The summed E-state index contributed by atoms with van der Waals surface area (Å²) in [7, 11) is 1.55. The second kappa shape index (κ2) is 8.12. The Bertz CT molecular complexity index is 743. The molecule has 1 fully saturated rings. The van der Waals surface area contributed by atoms with Gasteiger partial charge in [-0.25, -0.2) is 15.0 Å². The van der Waals surface area contributed by atoms with Crippen molar-refractivity contribution in [1.29, 1.82) is 0 Å². The molecule has 0 spiro atoms. The number of piperidine rings is 1. The molecule has 1 aliphatic rings. The predicted octanol–water partition coefficient (Wildman–Crippen LogP) is 2.14. The smallest absolute Gasteiger partial charge is 0.252 e. The molecule has 138 valence electrons. The number of methoxy groups -OCH3 is 1. The summed E-state index contributed by atoms with van der Waals surface area (Å²) in [6.07, 6.45) is 3.69. The van der Waals surface area contributed by atoms with E-state index in [1.54, 1.807) is 19.2 Å². The monoisotopic (exact) mass is 355 g/mol. The number of nitrogens with zero attached hydrogens (tertiary/aromatic N) is 4. The third-order valence-electron chi connectivity index (χ3n) is 4.53. The van der Waals surface area contributed by atoms with Gasteiger partial charge in [-0.15, -0.1) is 0 Å². The van der Waals surface area contributed by atoms with Gasteiger partial charge in [-0.1, -0.05) is 0 Å². The molecule has 3 rings (SSSR count). The fourth-order valence-corrected chi connectivity index (χ4v) is 3.24. The lowest BCUT2D eigenvalue weighted by molar-refractivity contribution is 0.0945. The molecule has 7 nitrogen and oxygen atoms in total. The minimum atomic E-state index is -0.111. The number of rotatable bonds is 5. The molecule has 2 aromatic rings. The van der Waals surface area contributed by atoms with Crippen LogP contribution in [0.15, 0.2) is 24.4 Å². The molecule has 0 aromatic carbocycles. The van der Waals surface area contributed by atoms with Gasteiger partial charge in [0.05, 0.1) is 12.7 Å². The lowest BCUT2D eigenvalue weighted by Crippen LogP contribution is -2.41. The Morgan fingerprint density at radius 1 is 1.31 bits per heavy atom. The summed E-state index contributed by atoms with van der Waals surface area (Å²) < 4.78 is 5.01. The second-order valence-electron chi connectivity index (χ2n) is 6.70. The number of aryl methyl sites for hydroxylation is 2. The van der Waals surface area contributed by atoms with Crippen molar-refractivity contribution in [3.05, 3.63) is 41.3 Å². The highest BCUT2D eigenvalue weighted by atomic mass is 16.5. The van der Waals surface area contributed by atoms with Gasteiger partial charge in [0, 0.05) is 43.3 Å². The van der Waals surface area contributed by atoms with E-state index in [9.17, 15) is 4.79 Å². The lowest BCUT2D eigenvalue weighted by atomic mass is 9.98. The minimum Gasteiger partial charge on any atom is -0.481 e. The zero-order valence-corrected chi connectivity index (χ0v) is 15.5. The summed E-state index contributed by atoms with van der Waals surface area (Å²) in [6.45, 7) is 6.41. The third-order valence-corrected chi connectivity index (χ3v) is 4.53. The Morgan fingerprint density at radius 2 is 2.08 bits per heavy atom. The quantitative estimate of drug-likeness (QED) is 0.885. The van der Waals surface area contributed by atoms with E-state index in [1.807, 2.05) is 19.9 Å². The number of anilines is 1. The normalized spacial score (nSPS) is 17.0. The third kappa shape index (κ3) is 4.47. The first-order chi connectivity index (χ1) is 12.5. The van der Waals surface area contributed by atoms with E-state index in [-0.39, 0.29) is 5.91 Å². The first kappa shape index (κ1) is 18.1. The van der Waals surface area contributed by atoms with Gasteiger partial charge in [0.1, 0.15) is 0 Å². The number of hydrogen-bond donors (Lipinski definition) is 1. The van der Waals surface area contributed by atoms with Crippen molar-refractivity contribution in [2.75, 3.05) is 31.6 Å². The topological polar surface area (TPSA) is 80.2 Å². The van der Waals surface area contributed by atoms with E-state index < -0.39 is 0 Å². The van der Waals surface area contributed by atoms with Crippen LogP contribution < -0.4 is 15.0 Å². The number of nitrogens with one attached hydrogen (secondary N) is 1. The Hall–Kier alpha value is -2.70. The maximum absolute atomic E-state index is 12.3. The first-order valence-corrected chi connectivity index (χ1v) is 8.90. The van der Waals surface area contributed by atoms with E-state index in [2.05, 4.69) is 25.2 Å². The molecule has 1 saturated heterocycles. The van der Waals surface area contributed by atoms with Crippen molar-refractivity contribution in [2.45, 2.75) is 26.7 Å². The summed E-state index contributed by atoms with van der Waals surface area (Å²) >= 11 is 0. The molecular weight excluding hydrogens is 330 g/mol. The number of carbonyl (C=O) groups excluding carboxylic acids is 1. The molecule has 3 heterocycles. The zero-order chi connectivity index (χ0) is 18.5. The number of carbonyl (C=O) groups is 1. The van der Waals surface area contributed by atoms with Crippen LogP contribution in [0.3, 0.4) is 0 Å². The number of ether oxygens (including phenoxy) is 1. The summed E-state index contributed by atoms with van der Waals surface area (Å²) in [4.78, 5) is 27.7. The SMILES string of the molecule is COc1ccc(C(=O)NCC2CCCN(c3nc(C)cc(C)n3)C2)cn1. The van der Waals surface area contributed by atoms with Gasteiger partial charge in [0.2, 0.25) is 11.8 Å². The van der Waals surface area contributed by atoms with Crippen LogP contribution in [0, 0.1) is 19.8 Å². The number of aromatic nitrogens is 3. The van der Waals surface area contributed by atoms with Gasteiger partial charge in [0.15, 0.2) is 0 Å². The highest BCUT2D eigenvalue weighted by Crippen LogP contribution is 2.20. The maximum atomic E-state index is 12.3. The van der Waals surface area contributed by atoms with Crippen LogP contribution in [-0.2, 0) is 0 Å². The fraction of sp³-hybridized carbons (Fsp3) is 0.474. The minimum absolute atomic E-state index is 0.111. The van der Waals surface area contributed by atoms with Crippen LogP contribution in [0.5, 0.6) is 5.88 Å². The highest BCUT2D eigenvalue weighted by Gasteiger charge is 2.22. The highest BCUT2D eigenvalue weighted by molar-refractivity contribution is 5.93. The van der Waals surface area contributed by atoms with Crippen LogP contribution in [-0.4, -0.2) is 47.6 Å². The van der Waals surface area contributed by atoms with Crippen molar-refractivity contribution >= 4 is 11.9 Å². The molecule has 26 heavy (non-hydrogen) atoms. The summed E-state index contributed by atoms with van der Waals surface area (Å²) in [5.41, 5.74) is 2.50. The number of amides is 1. The van der Waals surface area contributed by atoms with Crippen LogP contribution in [0.25, 0.3) is 0 Å². The van der Waals surface area contributed by atoms with Crippen LogP contribution in [0.1, 0.15) is 34.6 Å². The van der Waals surface area contributed by atoms with Crippen molar-refractivity contribution in [1.82, 2.24) is 20.3 Å². The van der Waals surface area contributed by atoms with Crippen LogP contribution in [0.4, 0.5) is 5.95 Å². The molecule has 0 radical (unpaired) electrons. The molecule has 1 aliphatic heterocycles. The maximum Gasteiger partial charge on any atom is 0.252 e. The van der Waals surface area contributed by atoms with Gasteiger partial charge in [-0.05, 0) is 44.7 Å². The molecule has 1 N–H and O–H groups in total. The molecule has 0 saturated carbocycles. The summed E-state index contributed by atoms with van der Waals surface area (Å²) in [5.74, 6) is 1.55. The molecule has 0 aliphatic carbocycles. The molecule has 7 heteroatoms. The van der Waals surface area contributed by atoms with Gasteiger partial charge in [0.25, 0.3) is 5.91 Å². The average molecular weight is 355 g/mol. The molecular formula is C19H25N5O2. The van der Waals surface area contributed by atoms with Crippen molar-refractivity contribution in [3.63, 3.8) is 0 Å². The fourth-order valence-electron chi connectivity index (χ4n) is 3.24. The molecule has 1 atom stereocenters. The van der Waals surface area contributed by atoms with E-state index in [1.165, 1.54) is 6.20 Å². The molecule has 0 bridgehead atoms. The number of hydrogen-bond acceptors (Lipinski definition) is 6.